The van der Waals surface area contributed by atoms with Crippen LogP contribution in [0.1, 0.15) is 5.56 Å². The highest BCUT2D eigenvalue weighted by atomic mass is 32.2. The summed E-state index contributed by atoms with van der Waals surface area (Å²) < 4.78 is 32.8. The van der Waals surface area contributed by atoms with Gasteiger partial charge in [0.2, 0.25) is 0 Å². The van der Waals surface area contributed by atoms with E-state index in [0.717, 1.165) is 3.97 Å². The lowest BCUT2D eigenvalue weighted by Crippen LogP contribution is -2.12. The van der Waals surface area contributed by atoms with Crippen LogP contribution in [0.5, 0.6) is 11.5 Å². The van der Waals surface area contributed by atoms with Gasteiger partial charge in [0.05, 0.1) is 28.5 Å². The van der Waals surface area contributed by atoms with E-state index < -0.39 is 10.0 Å². The van der Waals surface area contributed by atoms with Crippen LogP contribution in [0.25, 0.3) is 11.0 Å². The van der Waals surface area contributed by atoms with Gasteiger partial charge >= 0.3 is 0 Å². The molecule has 0 spiro atoms. The van der Waals surface area contributed by atoms with Gasteiger partial charge in [-0.25, -0.2) is 22.4 Å². The summed E-state index contributed by atoms with van der Waals surface area (Å²) in [6, 6.07) is 13.2. The second-order valence-electron chi connectivity index (χ2n) is 6.27. The second-order valence-corrected chi connectivity index (χ2v) is 8.08. The predicted octanol–water partition coefficient (Wildman–Crippen LogP) is 2.96. The Morgan fingerprint density at radius 2 is 1.83 bits per heavy atom. The molecule has 9 nitrogen and oxygen atoms in total. The lowest BCUT2D eigenvalue weighted by atomic mass is 10.2. The van der Waals surface area contributed by atoms with Crippen molar-refractivity contribution in [3.05, 3.63) is 66.6 Å². The molecule has 0 unspecified atom stereocenters. The Labute approximate surface area is 172 Å². The van der Waals surface area contributed by atoms with Gasteiger partial charge in [-0.05, 0) is 18.2 Å². The van der Waals surface area contributed by atoms with Crippen molar-refractivity contribution in [2.75, 3.05) is 18.1 Å². The Kier molecular flexibility index (Phi) is 4.73. The largest absolute Gasteiger partial charge is 0.454 e. The average Bonchev–Trinajstić information content (AvgIpc) is 3.14. The van der Waals surface area contributed by atoms with Crippen LogP contribution in [-0.2, 0) is 10.0 Å². The van der Waals surface area contributed by atoms with Crippen molar-refractivity contribution >= 4 is 32.6 Å². The third kappa shape index (κ3) is 3.27. The number of nitrogen functional groups attached to an aromatic ring is 1. The van der Waals surface area contributed by atoms with Gasteiger partial charge in [0.1, 0.15) is 23.4 Å². The molecule has 0 saturated carbocycles. The number of nitrogens with zero attached hydrogens (tertiary/aromatic N) is 4. The number of nitrogens with one attached hydrogen (secondary N) is 1. The quantitative estimate of drug-likeness (QED) is 0.503. The number of aromatic nitrogens is 3. The number of ether oxygens (including phenoxy) is 1. The topological polar surface area (TPSA) is 136 Å². The molecule has 0 aliphatic heterocycles. The normalized spacial score (nSPS) is 11.2. The first kappa shape index (κ1) is 19.2. The Balaban J connectivity index is 1.79. The number of pyridine rings is 2. The van der Waals surface area contributed by atoms with Crippen molar-refractivity contribution in [1.29, 1.82) is 5.26 Å². The second kappa shape index (κ2) is 7.38. The summed E-state index contributed by atoms with van der Waals surface area (Å²) >= 11 is 0. The van der Waals surface area contributed by atoms with E-state index in [1.807, 2.05) is 6.07 Å². The van der Waals surface area contributed by atoms with Crippen LogP contribution in [0.3, 0.4) is 0 Å². The van der Waals surface area contributed by atoms with E-state index in [4.69, 9.17) is 10.5 Å². The summed E-state index contributed by atoms with van der Waals surface area (Å²) in [6.45, 7) is 0. The van der Waals surface area contributed by atoms with Gasteiger partial charge in [0.15, 0.2) is 5.65 Å². The molecule has 4 aromatic rings. The number of nitriles is 1. The van der Waals surface area contributed by atoms with Gasteiger partial charge in [0.25, 0.3) is 10.0 Å². The fourth-order valence-electron chi connectivity index (χ4n) is 2.94. The van der Waals surface area contributed by atoms with Gasteiger partial charge in [-0.1, -0.05) is 18.2 Å². The first-order chi connectivity index (χ1) is 14.4. The van der Waals surface area contributed by atoms with Crippen molar-refractivity contribution < 1.29 is 13.2 Å². The minimum Gasteiger partial charge on any atom is -0.454 e. The van der Waals surface area contributed by atoms with Crippen LogP contribution in [-0.4, -0.2) is 29.4 Å². The lowest BCUT2D eigenvalue weighted by molar-refractivity contribution is 0.479. The maximum atomic E-state index is 13.0. The highest BCUT2D eigenvalue weighted by Gasteiger charge is 2.22. The Bertz CT molecular complexity index is 1390. The summed E-state index contributed by atoms with van der Waals surface area (Å²) in [5, 5.41) is 12.8. The summed E-state index contributed by atoms with van der Waals surface area (Å²) in [7, 11) is -2.20. The molecule has 0 fully saturated rings. The molecule has 10 heteroatoms. The average molecular weight is 420 g/mol. The maximum absolute atomic E-state index is 13.0. The zero-order chi connectivity index (χ0) is 21.3. The van der Waals surface area contributed by atoms with Crippen LogP contribution in [0.4, 0.5) is 11.5 Å². The Hall–Kier alpha value is -4.10. The molecular formula is C20H16N6O3S. The number of hydrogen-bond acceptors (Lipinski definition) is 8. The lowest BCUT2D eigenvalue weighted by Gasteiger charge is -2.09. The van der Waals surface area contributed by atoms with Crippen LogP contribution in [0.15, 0.2) is 66.0 Å². The van der Waals surface area contributed by atoms with Crippen molar-refractivity contribution in [3.63, 3.8) is 0 Å². The molecule has 1 aromatic carbocycles. The third-order valence-electron chi connectivity index (χ3n) is 4.41. The van der Waals surface area contributed by atoms with E-state index in [2.05, 4.69) is 15.3 Å². The van der Waals surface area contributed by atoms with Crippen LogP contribution < -0.4 is 15.8 Å². The molecule has 3 heterocycles. The smallest absolute Gasteiger partial charge is 0.269 e. The van der Waals surface area contributed by atoms with Crippen molar-refractivity contribution in [3.8, 4) is 17.6 Å². The molecule has 0 saturated heterocycles. The Morgan fingerprint density at radius 3 is 2.53 bits per heavy atom. The number of rotatable bonds is 5. The van der Waals surface area contributed by atoms with Gasteiger partial charge < -0.3 is 15.8 Å². The fourth-order valence-corrected chi connectivity index (χ4v) is 4.29. The number of fused-ring (bicyclic) bond motifs is 1. The van der Waals surface area contributed by atoms with Gasteiger partial charge in [-0.15, -0.1) is 0 Å². The van der Waals surface area contributed by atoms with Gasteiger partial charge in [-0.2, -0.15) is 5.26 Å². The molecule has 3 N–H and O–H groups in total. The van der Waals surface area contributed by atoms with E-state index in [1.54, 1.807) is 37.4 Å². The van der Waals surface area contributed by atoms with E-state index in [-0.39, 0.29) is 16.1 Å². The number of hydrogen-bond donors (Lipinski definition) is 2. The van der Waals surface area contributed by atoms with Crippen LogP contribution in [0, 0.1) is 11.3 Å². The number of nitrogens with two attached hydrogens (primary N) is 1. The molecule has 0 atom stereocenters. The van der Waals surface area contributed by atoms with Crippen LogP contribution >= 0.6 is 0 Å². The van der Waals surface area contributed by atoms with E-state index in [9.17, 15) is 13.7 Å². The molecule has 0 radical (unpaired) electrons. The summed E-state index contributed by atoms with van der Waals surface area (Å²) in [5.41, 5.74) is 6.65. The van der Waals surface area contributed by atoms with E-state index >= 15 is 0 Å². The summed E-state index contributed by atoms with van der Waals surface area (Å²) in [4.78, 5) is 8.39. The van der Waals surface area contributed by atoms with Crippen LogP contribution in [0.2, 0.25) is 0 Å². The van der Waals surface area contributed by atoms with Crippen molar-refractivity contribution in [2.24, 2.45) is 0 Å². The predicted molar refractivity (Wildman–Crippen MR) is 112 cm³/mol. The molecule has 30 heavy (non-hydrogen) atoms. The SMILES string of the molecule is CNc1cc(Oc2cnc3c(c2)c(C#N)cn3S(=O)(=O)c2ccccc2)cnc1N. The standard InChI is InChI=1S/C20H16N6O3S/c1-23-18-8-15(10-24-19(18)22)29-14-7-17-13(9-21)12-26(20(17)25-11-14)30(27,28)16-5-3-2-4-6-16/h2-8,10-12,23H,1H3,(H2,22,24). The first-order valence-corrected chi connectivity index (χ1v) is 10.2. The molecule has 4 rings (SSSR count). The highest BCUT2D eigenvalue weighted by Crippen LogP contribution is 2.30. The van der Waals surface area contributed by atoms with Crippen molar-refractivity contribution in [1.82, 2.24) is 13.9 Å². The number of benzene rings is 1. The summed E-state index contributed by atoms with van der Waals surface area (Å²) in [5.74, 6) is 1.06. The molecule has 0 aliphatic carbocycles. The molecular weight excluding hydrogens is 404 g/mol. The van der Waals surface area contributed by atoms with Gasteiger partial charge in [0, 0.05) is 24.7 Å². The first-order valence-electron chi connectivity index (χ1n) is 8.77. The summed E-state index contributed by atoms with van der Waals surface area (Å²) in [6.07, 6.45) is 4.10. The van der Waals surface area contributed by atoms with Gasteiger partial charge in [-0.3, -0.25) is 0 Å². The zero-order valence-corrected chi connectivity index (χ0v) is 16.6. The molecule has 0 aliphatic rings. The minimum atomic E-state index is -3.91. The molecule has 3 aromatic heterocycles. The third-order valence-corrected chi connectivity index (χ3v) is 6.07. The van der Waals surface area contributed by atoms with Crippen molar-refractivity contribution in [2.45, 2.75) is 4.90 Å². The molecule has 0 amide bonds. The minimum absolute atomic E-state index is 0.0982. The molecule has 0 bridgehead atoms. The number of anilines is 2. The van der Waals surface area contributed by atoms with E-state index in [0.29, 0.717) is 28.4 Å². The highest BCUT2D eigenvalue weighted by molar-refractivity contribution is 7.90. The Morgan fingerprint density at radius 1 is 1.13 bits per heavy atom. The maximum Gasteiger partial charge on any atom is 0.269 e. The zero-order valence-electron chi connectivity index (χ0n) is 15.8. The fraction of sp³-hybridized carbons (Fsp3) is 0.0500. The molecule has 150 valence electrons. The monoisotopic (exact) mass is 420 g/mol. The van der Waals surface area contributed by atoms with E-state index in [1.165, 1.54) is 30.7 Å².